The molecule has 1 fully saturated rings. The van der Waals surface area contributed by atoms with Crippen LogP contribution in [0.2, 0.25) is 0 Å². The molecule has 2 amide bonds. The van der Waals surface area contributed by atoms with Gasteiger partial charge in [0.15, 0.2) is 0 Å². The lowest BCUT2D eigenvalue weighted by atomic mass is 10.1. The Bertz CT molecular complexity index is 688. The van der Waals surface area contributed by atoms with E-state index in [4.69, 9.17) is 5.11 Å². The van der Waals surface area contributed by atoms with Crippen molar-refractivity contribution in [3.8, 4) is 0 Å². The maximum atomic E-state index is 12.4. The average Bonchev–Trinajstić information content (AvgIpc) is 2.95. The Morgan fingerprint density at radius 3 is 2.42 bits per heavy atom. The molecule has 2 rings (SSSR count). The summed E-state index contributed by atoms with van der Waals surface area (Å²) < 4.78 is 37.3. The van der Waals surface area contributed by atoms with Gasteiger partial charge >= 0.3 is 12.1 Å². The van der Waals surface area contributed by atoms with Gasteiger partial charge in [-0.15, -0.1) is 0 Å². The first-order valence-electron chi connectivity index (χ1n) is 8.10. The van der Waals surface area contributed by atoms with Crippen molar-refractivity contribution < 1.29 is 32.7 Å². The smallest absolute Gasteiger partial charge is 0.391 e. The zero-order valence-electron chi connectivity index (χ0n) is 14.0. The van der Waals surface area contributed by atoms with Crippen molar-refractivity contribution in [2.24, 2.45) is 5.92 Å². The molecule has 0 aromatic heterocycles. The fraction of sp³-hybridized carbons (Fsp3) is 0.471. The third kappa shape index (κ3) is 4.96. The highest BCUT2D eigenvalue weighted by Gasteiger charge is 2.40. The van der Waals surface area contributed by atoms with Gasteiger partial charge in [-0.3, -0.25) is 9.59 Å². The van der Waals surface area contributed by atoms with Gasteiger partial charge in [-0.2, -0.15) is 13.2 Å². The summed E-state index contributed by atoms with van der Waals surface area (Å²) in [5.74, 6) is -3.88. The Hall–Kier alpha value is -2.58. The van der Waals surface area contributed by atoms with Crippen LogP contribution in [0, 0.1) is 5.92 Å². The summed E-state index contributed by atoms with van der Waals surface area (Å²) in [6.45, 7) is 1.98. The minimum absolute atomic E-state index is 0.00546. The molecule has 9 heteroatoms. The largest absolute Gasteiger partial charge is 0.480 e. The Labute approximate surface area is 148 Å². The quantitative estimate of drug-likeness (QED) is 0.801. The summed E-state index contributed by atoms with van der Waals surface area (Å²) in [5, 5.41) is 10.8. The number of aliphatic carboxylic acids is 1. The molecule has 0 radical (unpaired) electrons. The minimum Gasteiger partial charge on any atom is -0.480 e. The summed E-state index contributed by atoms with van der Waals surface area (Å²) >= 11 is 0. The minimum atomic E-state index is -4.73. The van der Waals surface area contributed by atoms with E-state index >= 15 is 0 Å². The maximum Gasteiger partial charge on any atom is 0.391 e. The molecule has 26 heavy (non-hydrogen) atoms. The van der Waals surface area contributed by atoms with E-state index in [-0.39, 0.29) is 18.9 Å². The zero-order valence-corrected chi connectivity index (χ0v) is 14.0. The van der Waals surface area contributed by atoms with Crippen LogP contribution < -0.4 is 10.2 Å². The van der Waals surface area contributed by atoms with Crippen molar-refractivity contribution in [3.63, 3.8) is 0 Å². The van der Waals surface area contributed by atoms with Gasteiger partial charge in [-0.1, -0.05) is 19.1 Å². The van der Waals surface area contributed by atoms with Gasteiger partial charge in [0.25, 0.3) is 0 Å². The molecule has 2 atom stereocenters. The van der Waals surface area contributed by atoms with Crippen molar-refractivity contribution in [1.29, 1.82) is 0 Å². The van der Waals surface area contributed by atoms with Gasteiger partial charge < -0.3 is 15.3 Å². The van der Waals surface area contributed by atoms with Crippen LogP contribution in [-0.4, -0.2) is 41.7 Å². The molecule has 142 valence electrons. The molecular formula is C17H19F3N2O4. The predicted octanol–water partition coefficient (Wildman–Crippen LogP) is 2.12. The van der Waals surface area contributed by atoms with Crippen molar-refractivity contribution in [3.05, 3.63) is 29.8 Å². The number of carbonyl (C=O) groups is 3. The molecular weight excluding hydrogens is 353 g/mol. The van der Waals surface area contributed by atoms with Crippen LogP contribution in [0.25, 0.3) is 0 Å². The molecule has 0 spiro atoms. The van der Waals surface area contributed by atoms with Crippen LogP contribution in [0.3, 0.4) is 0 Å². The van der Waals surface area contributed by atoms with Crippen LogP contribution in [0.15, 0.2) is 24.3 Å². The number of hydrogen-bond acceptors (Lipinski definition) is 3. The molecule has 1 aliphatic heterocycles. The van der Waals surface area contributed by atoms with Gasteiger partial charge in [-0.25, -0.2) is 4.79 Å². The van der Waals surface area contributed by atoms with E-state index in [1.165, 1.54) is 4.90 Å². The monoisotopic (exact) mass is 372 g/mol. The van der Waals surface area contributed by atoms with Crippen LogP contribution in [-0.2, 0) is 20.8 Å². The van der Waals surface area contributed by atoms with Crippen LogP contribution in [0.5, 0.6) is 0 Å². The lowest BCUT2D eigenvalue weighted by Gasteiger charge is -2.19. The number of alkyl halides is 3. The Balaban J connectivity index is 2.04. The summed E-state index contributed by atoms with van der Waals surface area (Å²) in [6, 6.07) is 5.09. The molecule has 0 bridgehead atoms. The van der Waals surface area contributed by atoms with Gasteiger partial charge in [0.2, 0.25) is 11.8 Å². The zero-order chi connectivity index (χ0) is 19.5. The van der Waals surface area contributed by atoms with Crippen LogP contribution in [0.1, 0.15) is 25.3 Å². The van der Waals surface area contributed by atoms with E-state index in [9.17, 15) is 27.6 Å². The number of aryl methyl sites for hydroxylation is 1. The van der Waals surface area contributed by atoms with Gasteiger partial charge in [0.05, 0.1) is 12.3 Å². The number of anilines is 1. The summed E-state index contributed by atoms with van der Waals surface area (Å²) in [7, 11) is 0. The first-order valence-corrected chi connectivity index (χ1v) is 8.10. The number of nitrogens with one attached hydrogen (secondary N) is 1. The number of nitrogens with zero attached hydrogens (tertiary/aromatic N) is 1. The van der Waals surface area contributed by atoms with Gasteiger partial charge in [-0.05, 0) is 24.1 Å². The second kappa shape index (κ2) is 7.76. The van der Waals surface area contributed by atoms with E-state index in [0.29, 0.717) is 5.69 Å². The summed E-state index contributed by atoms with van der Waals surface area (Å²) in [4.78, 5) is 36.6. The molecule has 0 aliphatic carbocycles. The molecule has 2 unspecified atom stereocenters. The number of halogens is 3. The first kappa shape index (κ1) is 19.7. The fourth-order valence-electron chi connectivity index (χ4n) is 2.77. The summed E-state index contributed by atoms with van der Waals surface area (Å²) in [6.07, 6.45) is -5.75. The molecule has 1 aromatic rings. The highest BCUT2D eigenvalue weighted by Crippen LogP contribution is 2.26. The second-order valence-electron chi connectivity index (χ2n) is 6.14. The van der Waals surface area contributed by atoms with Crippen LogP contribution in [0.4, 0.5) is 18.9 Å². The predicted molar refractivity (Wildman–Crippen MR) is 86.5 cm³/mol. The number of rotatable bonds is 6. The number of carboxylic acids is 1. The van der Waals surface area contributed by atoms with E-state index in [2.05, 4.69) is 0 Å². The van der Waals surface area contributed by atoms with Gasteiger partial charge in [0, 0.05) is 18.7 Å². The van der Waals surface area contributed by atoms with Crippen LogP contribution >= 0.6 is 0 Å². The fourth-order valence-corrected chi connectivity index (χ4v) is 2.77. The Morgan fingerprint density at radius 1 is 1.31 bits per heavy atom. The first-order chi connectivity index (χ1) is 12.1. The van der Waals surface area contributed by atoms with Gasteiger partial charge in [0.1, 0.15) is 6.04 Å². The lowest BCUT2D eigenvalue weighted by Crippen LogP contribution is -2.46. The van der Waals surface area contributed by atoms with Crippen molar-refractivity contribution >= 4 is 23.5 Å². The number of benzene rings is 1. The van der Waals surface area contributed by atoms with Crippen molar-refractivity contribution in [2.75, 3.05) is 11.4 Å². The average molecular weight is 372 g/mol. The molecule has 1 saturated heterocycles. The Kier molecular flexibility index (Phi) is 5.89. The number of amides is 2. The van der Waals surface area contributed by atoms with E-state index < -0.39 is 36.4 Å². The molecule has 1 aliphatic rings. The number of carboxylic acid groups (broad SMARTS) is 1. The molecule has 1 aromatic carbocycles. The standard InChI is InChI=1S/C17H19F3N2O4/c1-2-10-3-5-12(6-4-10)22-9-11(7-14(22)23)15(24)21-13(16(25)26)8-17(18,19)20/h3-6,11,13H,2,7-9H2,1H3,(H,21,24)(H,25,26). The highest BCUT2D eigenvalue weighted by molar-refractivity contribution is 6.00. The second-order valence-corrected chi connectivity index (χ2v) is 6.14. The molecule has 2 N–H and O–H groups in total. The van der Waals surface area contributed by atoms with Crippen molar-refractivity contribution in [2.45, 2.75) is 38.4 Å². The van der Waals surface area contributed by atoms with E-state index in [1.807, 2.05) is 24.4 Å². The highest BCUT2D eigenvalue weighted by atomic mass is 19.4. The number of hydrogen-bond donors (Lipinski definition) is 2. The molecule has 6 nitrogen and oxygen atoms in total. The third-order valence-corrected chi connectivity index (χ3v) is 4.20. The lowest BCUT2D eigenvalue weighted by molar-refractivity contribution is -0.160. The van der Waals surface area contributed by atoms with E-state index in [1.54, 1.807) is 12.1 Å². The normalized spacial score (nSPS) is 18.7. The third-order valence-electron chi connectivity index (χ3n) is 4.20. The maximum absolute atomic E-state index is 12.4. The van der Waals surface area contributed by atoms with Crippen molar-refractivity contribution in [1.82, 2.24) is 5.32 Å². The summed E-state index contributed by atoms with van der Waals surface area (Å²) in [5.41, 5.74) is 1.67. The SMILES string of the molecule is CCc1ccc(N2CC(C(=O)NC(CC(F)(F)F)C(=O)O)CC2=O)cc1. The Morgan fingerprint density at radius 2 is 1.92 bits per heavy atom. The topological polar surface area (TPSA) is 86.7 Å². The number of carbonyl (C=O) groups excluding carboxylic acids is 2. The molecule has 1 heterocycles. The van der Waals surface area contributed by atoms with E-state index in [0.717, 1.165) is 12.0 Å². The molecule has 0 saturated carbocycles.